The summed E-state index contributed by atoms with van der Waals surface area (Å²) in [6, 6.07) is 6.23. The van der Waals surface area contributed by atoms with E-state index in [1.807, 2.05) is 0 Å². The van der Waals surface area contributed by atoms with E-state index in [1.54, 1.807) is 18.2 Å². The predicted octanol–water partition coefficient (Wildman–Crippen LogP) is 3.33. The molecule has 3 N–H and O–H groups in total. The second-order valence-electron chi connectivity index (χ2n) is 5.66. The number of rotatable bonds is 4. The van der Waals surface area contributed by atoms with Gasteiger partial charge in [-0.2, -0.15) is 0 Å². The van der Waals surface area contributed by atoms with Crippen molar-refractivity contribution in [2.24, 2.45) is 11.8 Å². The van der Waals surface area contributed by atoms with Crippen LogP contribution < -0.4 is 10.6 Å². The van der Waals surface area contributed by atoms with Crippen molar-refractivity contribution in [2.45, 2.75) is 39.2 Å². The Bertz CT molecular complexity index is 530. The average Bonchev–Trinajstić information content (AvgIpc) is 2.79. The molecule has 1 aliphatic carbocycles. The first-order chi connectivity index (χ1) is 10.0. The van der Waals surface area contributed by atoms with Gasteiger partial charge in [0.15, 0.2) is 0 Å². The number of anilines is 1. The zero-order valence-electron chi connectivity index (χ0n) is 12.4. The van der Waals surface area contributed by atoms with Gasteiger partial charge in [0, 0.05) is 6.04 Å². The van der Waals surface area contributed by atoms with Crippen LogP contribution >= 0.6 is 0 Å². The van der Waals surface area contributed by atoms with Gasteiger partial charge < -0.3 is 15.7 Å². The third kappa shape index (κ3) is 3.54. The molecule has 0 radical (unpaired) electrons. The van der Waals surface area contributed by atoms with Crippen LogP contribution in [0.4, 0.5) is 10.5 Å². The van der Waals surface area contributed by atoms with Crippen LogP contribution in [0.3, 0.4) is 0 Å². The van der Waals surface area contributed by atoms with Crippen molar-refractivity contribution in [1.82, 2.24) is 5.32 Å². The van der Waals surface area contributed by atoms with Crippen LogP contribution in [0, 0.1) is 11.8 Å². The van der Waals surface area contributed by atoms with Gasteiger partial charge in [-0.25, -0.2) is 9.59 Å². The molecule has 0 spiro atoms. The summed E-state index contributed by atoms with van der Waals surface area (Å²) in [6.45, 7) is 4.34. The number of hydrogen-bond donors (Lipinski definition) is 3. The number of carbonyl (C=O) groups excluding carboxylic acids is 1. The molecule has 5 heteroatoms. The van der Waals surface area contributed by atoms with Gasteiger partial charge in [0.05, 0.1) is 11.3 Å². The molecule has 1 aromatic rings. The molecule has 1 aromatic carbocycles. The molecule has 3 unspecified atom stereocenters. The topological polar surface area (TPSA) is 78.4 Å². The summed E-state index contributed by atoms with van der Waals surface area (Å²) >= 11 is 0. The van der Waals surface area contributed by atoms with Gasteiger partial charge in [-0.1, -0.05) is 32.4 Å². The van der Waals surface area contributed by atoms with E-state index in [2.05, 4.69) is 24.5 Å². The summed E-state index contributed by atoms with van der Waals surface area (Å²) in [4.78, 5) is 23.2. The summed E-state index contributed by atoms with van der Waals surface area (Å²) < 4.78 is 0. The first kappa shape index (κ1) is 15.4. The maximum Gasteiger partial charge on any atom is 0.337 e. The fraction of sp³-hybridized carbons (Fsp3) is 0.500. The lowest BCUT2D eigenvalue weighted by atomic mass is 9.93. The van der Waals surface area contributed by atoms with E-state index < -0.39 is 5.97 Å². The molecular formula is C16H22N2O3. The highest BCUT2D eigenvalue weighted by atomic mass is 16.4. The Hall–Kier alpha value is -2.04. The van der Waals surface area contributed by atoms with Gasteiger partial charge in [-0.15, -0.1) is 0 Å². The van der Waals surface area contributed by atoms with E-state index in [9.17, 15) is 9.59 Å². The van der Waals surface area contributed by atoms with Gasteiger partial charge in [0.25, 0.3) is 0 Å². The number of aromatic carboxylic acids is 1. The Morgan fingerprint density at radius 1 is 1.29 bits per heavy atom. The van der Waals surface area contributed by atoms with E-state index in [0.717, 1.165) is 19.3 Å². The lowest BCUT2D eigenvalue weighted by molar-refractivity contribution is 0.0698. The molecule has 1 fully saturated rings. The molecule has 3 atom stereocenters. The van der Waals surface area contributed by atoms with Gasteiger partial charge >= 0.3 is 12.0 Å². The highest BCUT2D eigenvalue weighted by Crippen LogP contribution is 2.33. The molecule has 0 saturated heterocycles. The number of urea groups is 1. The standard InChI is InChI=1S/C16H22N2O3/c1-3-11-8-9-13(10(11)2)17-16(21)18-14-7-5-4-6-12(14)15(19)20/h4-7,10-11,13H,3,8-9H2,1-2H3,(H,19,20)(H2,17,18,21). The lowest BCUT2D eigenvalue weighted by Crippen LogP contribution is -2.40. The minimum absolute atomic E-state index is 0.0959. The zero-order valence-corrected chi connectivity index (χ0v) is 12.4. The van der Waals surface area contributed by atoms with E-state index in [1.165, 1.54) is 6.07 Å². The van der Waals surface area contributed by atoms with Crippen LogP contribution in [0.1, 0.15) is 43.5 Å². The van der Waals surface area contributed by atoms with Crippen LogP contribution in [-0.4, -0.2) is 23.1 Å². The van der Waals surface area contributed by atoms with Gasteiger partial charge in [-0.3, -0.25) is 0 Å². The van der Waals surface area contributed by atoms with Gasteiger partial charge in [0.1, 0.15) is 0 Å². The number of carboxylic acid groups (broad SMARTS) is 1. The molecular weight excluding hydrogens is 268 g/mol. The summed E-state index contributed by atoms with van der Waals surface area (Å²) in [5.74, 6) is 0.0586. The summed E-state index contributed by atoms with van der Waals surface area (Å²) in [7, 11) is 0. The molecule has 0 bridgehead atoms. The SMILES string of the molecule is CCC1CCC(NC(=O)Nc2ccccc2C(=O)O)C1C. The number of hydrogen-bond acceptors (Lipinski definition) is 2. The van der Waals surface area contributed by atoms with E-state index >= 15 is 0 Å². The number of carboxylic acids is 1. The first-order valence-corrected chi connectivity index (χ1v) is 7.42. The highest BCUT2D eigenvalue weighted by molar-refractivity contribution is 6.00. The Morgan fingerprint density at radius 2 is 2.00 bits per heavy atom. The summed E-state index contributed by atoms with van der Waals surface area (Å²) in [5.41, 5.74) is 0.416. The van der Waals surface area contributed by atoms with Crippen LogP contribution in [0.15, 0.2) is 24.3 Å². The fourth-order valence-corrected chi connectivity index (χ4v) is 3.13. The largest absolute Gasteiger partial charge is 0.478 e. The van der Waals surface area contributed by atoms with E-state index in [-0.39, 0.29) is 17.6 Å². The third-order valence-electron chi connectivity index (χ3n) is 4.47. The number of benzene rings is 1. The van der Waals surface area contributed by atoms with E-state index in [0.29, 0.717) is 17.5 Å². The Morgan fingerprint density at radius 3 is 2.62 bits per heavy atom. The minimum Gasteiger partial charge on any atom is -0.478 e. The number of para-hydroxylation sites is 1. The smallest absolute Gasteiger partial charge is 0.337 e. The number of amides is 2. The Balaban J connectivity index is 1.98. The van der Waals surface area contributed by atoms with Crippen molar-refractivity contribution in [2.75, 3.05) is 5.32 Å². The van der Waals surface area contributed by atoms with Gasteiger partial charge in [-0.05, 0) is 36.8 Å². The second kappa shape index (κ2) is 6.61. The molecule has 0 aliphatic heterocycles. The average molecular weight is 290 g/mol. The van der Waals surface area contributed by atoms with Crippen LogP contribution in [0.5, 0.6) is 0 Å². The quantitative estimate of drug-likeness (QED) is 0.796. The molecule has 1 aliphatic rings. The predicted molar refractivity (Wildman–Crippen MR) is 81.5 cm³/mol. The lowest BCUT2D eigenvalue weighted by Gasteiger charge is -2.21. The molecule has 1 saturated carbocycles. The van der Waals surface area contributed by atoms with Crippen molar-refractivity contribution in [1.29, 1.82) is 0 Å². The van der Waals surface area contributed by atoms with Crippen LogP contribution in [0.25, 0.3) is 0 Å². The normalized spacial score (nSPS) is 24.6. The zero-order chi connectivity index (χ0) is 15.4. The summed E-state index contributed by atoms with van der Waals surface area (Å²) in [6.07, 6.45) is 3.24. The van der Waals surface area contributed by atoms with Gasteiger partial charge in [0.2, 0.25) is 0 Å². The molecule has 0 aromatic heterocycles. The van der Waals surface area contributed by atoms with Crippen molar-refractivity contribution in [3.05, 3.63) is 29.8 Å². The van der Waals surface area contributed by atoms with E-state index in [4.69, 9.17) is 5.11 Å². The first-order valence-electron chi connectivity index (χ1n) is 7.42. The summed E-state index contributed by atoms with van der Waals surface area (Å²) in [5, 5.41) is 14.7. The van der Waals surface area contributed by atoms with Crippen LogP contribution in [0.2, 0.25) is 0 Å². The molecule has 5 nitrogen and oxygen atoms in total. The third-order valence-corrected chi connectivity index (χ3v) is 4.47. The monoisotopic (exact) mass is 290 g/mol. The highest BCUT2D eigenvalue weighted by Gasteiger charge is 2.32. The fourth-order valence-electron chi connectivity index (χ4n) is 3.13. The maximum atomic E-state index is 12.1. The molecule has 2 amide bonds. The molecule has 2 rings (SSSR count). The Labute approximate surface area is 124 Å². The van der Waals surface area contributed by atoms with Crippen molar-refractivity contribution in [3.8, 4) is 0 Å². The van der Waals surface area contributed by atoms with Crippen LogP contribution in [-0.2, 0) is 0 Å². The number of carbonyl (C=O) groups is 2. The van der Waals surface area contributed by atoms with Crippen molar-refractivity contribution in [3.63, 3.8) is 0 Å². The van der Waals surface area contributed by atoms with Crippen molar-refractivity contribution >= 4 is 17.7 Å². The molecule has 114 valence electrons. The molecule has 0 heterocycles. The molecule has 21 heavy (non-hydrogen) atoms. The minimum atomic E-state index is -1.05. The Kier molecular flexibility index (Phi) is 4.83. The maximum absolute atomic E-state index is 12.1. The number of nitrogens with one attached hydrogen (secondary N) is 2. The van der Waals surface area contributed by atoms with Crippen molar-refractivity contribution < 1.29 is 14.7 Å². The second-order valence-corrected chi connectivity index (χ2v) is 5.66.